The van der Waals surface area contributed by atoms with Gasteiger partial charge in [-0.1, -0.05) is 31.0 Å². The number of carbonyl (C=O) groups excluding carboxylic acids is 1. The molecule has 0 heterocycles. The molecule has 0 atom stereocenters. The number of aryl methyl sites for hydroxylation is 1. The van der Waals surface area contributed by atoms with Crippen molar-refractivity contribution in [2.24, 2.45) is 0 Å². The average Bonchev–Trinajstić information content (AvgIpc) is 2.32. The van der Waals surface area contributed by atoms with Crippen LogP contribution < -0.4 is 5.32 Å². The summed E-state index contributed by atoms with van der Waals surface area (Å²) in [6, 6.07) is 7.94. The van der Waals surface area contributed by atoms with Crippen molar-refractivity contribution in [2.45, 2.75) is 26.7 Å². The van der Waals surface area contributed by atoms with Gasteiger partial charge in [-0.3, -0.25) is 0 Å². The second-order valence-electron chi connectivity index (χ2n) is 3.86. The highest BCUT2D eigenvalue weighted by Crippen LogP contribution is 2.08. The molecule has 0 aliphatic rings. The number of nitrogens with one attached hydrogen (secondary N) is 1. The second kappa shape index (κ2) is 7.49. The van der Waals surface area contributed by atoms with Crippen molar-refractivity contribution in [2.75, 3.05) is 11.9 Å². The van der Waals surface area contributed by atoms with Crippen LogP contribution in [0.4, 0.5) is 5.69 Å². The van der Waals surface area contributed by atoms with Gasteiger partial charge in [-0.15, -0.1) is 0 Å². The maximum Gasteiger partial charge on any atom is 0.332 e. The molecule has 0 aliphatic carbocycles. The van der Waals surface area contributed by atoms with Crippen LogP contribution in [0.1, 0.15) is 25.3 Å². The Bertz CT molecular complexity index is 368. The van der Waals surface area contributed by atoms with Crippen LogP contribution >= 0.6 is 0 Å². The third kappa shape index (κ3) is 5.76. The number of rotatable bonds is 6. The zero-order chi connectivity index (χ0) is 12.5. The fourth-order valence-electron chi connectivity index (χ4n) is 1.22. The zero-order valence-electron chi connectivity index (χ0n) is 10.4. The van der Waals surface area contributed by atoms with Crippen LogP contribution in [0.2, 0.25) is 0 Å². The lowest BCUT2D eigenvalue weighted by atomic mass is 10.2. The fourth-order valence-corrected chi connectivity index (χ4v) is 1.22. The van der Waals surface area contributed by atoms with E-state index in [9.17, 15) is 4.79 Å². The molecule has 0 saturated heterocycles. The molecular weight excluding hydrogens is 214 g/mol. The van der Waals surface area contributed by atoms with Crippen LogP contribution in [0, 0.1) is 6.92 Å². The highest BCUT2D eigenvalue weighted by molar-refractivity contribution is 5.82. The van der Waals surface area contributed by atoms with Crippen LogP contribution in [0.25, 0.3) is 0 Å². The Labute approximate surface area is 102 Å². The molecule has 1 N–H and O–H groups in total. The fraction of sp³-hybridized carbons (Fsp3) is 0.357. The second-order valence-corrected chi connectivity index (χ2v) is 3.86. The van der Waals surface area contributed by atoms with Gasteiger partial charge in [-0.05, 0) is 25.5 Å². The average molecular weight is 233 g/mol. The summed E-state index contributed by atoms with van der Waals surface area (Å²) in [7, 11) is 0. The maximum absolute atomic E-state index is 11.2. The maximum atomic E-state index is 11.2. The summed E-state index contributed by atoms with van der Waals surface area (Å²) in [4.78, 5) is 11.2. The minimum Gasteiger partial charge on any atom is -0.462 e. The minimum atomic E-state index is -0.307. The minimum absolute atomic E-state index is 0.307. The van der Waals surface area contributed by atoms with E-state index >= 15 is 0 Å². The molecule has 0 aromatic heterocycles. The van der Waals surface area contributed by atoms with E-state index in [1.54, 1.807) is 6.20 Å². The van der Waals surface area contributed by atoms with E-state index in [0.717, 1.165) is 18.5 Å². The van der Waals surface area contributed by atoms with Gasteiger partial charge in [-0.25, -0.2) is 4.79 Å². The van der Waals surface area contributed by atoms with Crippen LogP contribution in [0.5, 0.6) is 0 Å². The number of ether oxygens (including phenoxy) is 1. The van der Waals surface area contributed by atoms with E-state index in [0.29, 0.717) is 6.61 Å². The van der Waals surface area contributed by atoms with Crippen molar-refractivity contribution in [1.29, 1.82) is 0 Å². The smallest absolute Gasteiger partial charge is 0.332 e. The monoisotopic (exact) mass is 233 g/mol. The highest BCUT2D eigenvalue weighted by Gasteiger charge is 1.95. The molecule has 0 unspecified atom stereocenters. The summed E-state index contributed by atoms with van der Waals surface area (Å²) in [5.74, 6) is -0.307. The third-order valence-electron chi connectivity index (χ3n) is 2.26. The molecular formula is C14H19NO2. The zero-order valence-corrected chi connectivity index (χ0v) is 10.4. The lowest BCUT2D eigenvalue weighted by Gasteiger charge is -2.01. The normalized spacial score (nSPS) is 10.5. The quantitative estimate of drug-likeness (QED) is 0.465. The van der Waals surface area contributed by atoms with E-state index in [1.165, 1.54) is 11.6 Å². The lowest BCUT2D eigenvalue weighted by molar-refractivity contribution is -0.137. The van der Waals surface area contributed by atoms with Crippen molar-refractivity contribution < 1.29 is 9.53 Å². The molecule has 0 bridgehead atoms. The Balaban J connectivity index is 2.29. The first-order valence-electron chi connectivity index (χ1n) is 5.89. The Morgan fingerprint density at radius 3 is 2.71 bits per heavy atom. The van der Waals surface area contributed by atoms with Crippen LogP contribution in [0.15, 0.2) is 36.5 Å². The molecule has 92 valence electrons. The molecule has 0 amide bonds. The number of benzene rings is 1. The van der Waals surface area contributed by atoms with Gasteiger partial charge in [0, 0.05) is 18.0 Å². The number of esters is 1. The standard InChI is InChI=1S/C14H19NO2/c1-3-4-11-17-14(16)9-10-15-13-7-5-12(2)6-8-13/h5-10,15H,3-4,11H2,1-2H3/b10-9-. The molecule has 0 spiro atoms. The number of anilines is 1. The Hall–Kier alpha value is -1.77. The van der Waals surface area contributed by atoms with Crippen molar-refractivity contribution in [3.8, 4) is 0 Å². The molecule has 1 rings (SSSR count). The molecule has 1 aromatic rings. The van der Waals surface area contributed by atoms with Crippen molar-refractivity contribution in [3.05, 3.63) is 42.1 Å². The molecule has 0 saturated carbocycles. The van der Waals surface area contributed by atoms with Gasteiger partial charge < -0.3 is 10.1 Å². The van der Waals surface area contributed by atoms with Gasteiger partial charge in [-0.2, -0.15) is 0 Å². The van der Waals surface area contributed by atoms with E-state index in [2.05, 4.69) is 12.2 Å². The molecule has 0 radical (unpaired) electrons. The first-order chi connectivity index (χ1) is 8.22. The Kier molecular flexibility index (Phi) is 5.86. The van der Waals surface area contributed by atoms with Gasteiger partial charge in [0.2, 0.25) is 0 Å². The van der Waals surface area contributed by atoms with Crippen LogP contribution in [-0.2, 0) is 9.53 Å². The summed E-state index contributed by atoms with van der Waals surface area (Å²) >= 11 is 0. The molecule has 1 aromatic carbocycles. The third-order valence-corrected chi connectivity index (χ3v) is 2.26. The Morgan fingerprint density at radius 1 is 1.35 bits per heavy atom. The lowest BCUT2D eigenvalue weighted by Crippen LogP contribution is -2.02. The van der Waals surface area contributed by atoms with Crippen LogP contribution in [-0.4, -0.2) is 12.6 Å². The highest BCUT2D eigenvalue weighted by atomic mass is 16.5. The first-order valence-corrected chi connectivity index (χ1v) is 5.89. The summed E-state index contributed by atoms with van der Waals surface area (Å²) < 4.78 is 4.97. The topological polar surface area (TPSA) is 38.3 Å². The van der Waals surface area contributed by atoms with E-state index in [4.69, 9.17) is 4.74 Å². The van der Waals surface area contributed by atoms with E-state index in [-0.39, 0.29) is 5.97 Å². The molecule has 3 heteroatoms. The van der Waals surface area contributed by atoms with Gasteiger partial charge in [0.25, 0.3) is 0 Å². The van der Waals surface area contributed by atoms with Crippen molar-refractivity contribution >= 4 is 11.7 Å². The van der Waals surface area contributed by atoms with Gasteiger partial charge in [0.15, 0.2) is 0 Å². The van der Waals surface area contributed by atoms with E-state index in [1.807, 2.05) is 31.2 Å². The molecule has 0 aliphatic heterocycles. The van der Waals surface area contributed by atoms with Crippen LogP contribution in [0.3, 0.4) is 0 Å². The SMILES string of the molecule is CCCCOC(=O)/C=C\Nc1ccc(C)cc1. The Morgan fingerprint density at radius 2 is 2.06 bits per heavy atom. The predicted octanol–water partition coefficient (Wildman–Crippen LogP) is 3.26. The van der Waals surface area contributed by atoms with Gasteiger partial charge in [0.1, 0.15) is 0 Å². The molecule has 3 nitrogen and oxygen atoms in total. The number of hydrogen-bond acceptors (Lipinski definition) is 3. The predicted molar refractivity (Wildman–Crippen MR) is 69.8 cm³/mol. The summed E-state index contributed by atoms with van der Waals surface area (Å²) in [5.41, 5.74) is 2.16. The van der Waals surface area contributed by atoms with Crippen molar-refractivity contribution in [1.82, 2.24) is 0 Å². The van der Waals surface area contributed by atoms with Crippen molar-refractivity contribution in [3.63, 3.8) is 0 Å². The summed E-state index contributed by atoms with van der Waals surface area (Å²) in [6.45, 7) is 4.58. The molecule has 17 heavy (non-hydrogen) atoms. The van der Waals surface area contributed by atoms with E-state index < -0.39 is 0 Å². The van der Waals surface area contributed by atoms with Gasteiger partial charge in [0.05, 0.1) is 6.61 Å². The number of carbonyl (C=O) groups is 1. The number of unbranched alkanes of at least 4 members (excludes halogenated alkanes) is 1. The first kappa shape index (κ1) is 13.3. The molecule has 0 fully saturated rings. The summed E-state index contributed by atoms with van der Waals surface area (Å²) in [6.07, 6.45) is 4.93. The van der Waals surface area contributed by atoms with Gasteiger partial charge >= 0.3 is 5.97 Å². The number of hydrogen-bond donors (Lipinski definition) is 1. The largest absolute Gasteiger partial charge is 0.462 e. The summed E-state index contributed by atoms with van der Waals surface area (Å²) in [5, 5.41) is 3.01.